The molecule has 3 aromatic heterocycles. The number of nitrogens with one attached hydrogen (secondary N) is 4. The van der Waals surface area contributed by atoms with Crippen molar-refractivity contribution in [2.24, 2.45) is 0 Å². The summed E-state index contributed by atoms with van der Waals surface area (Å²) in [5, 5.41) is 32.6. The minimum Gasteiger partial charge on any atom is -0.484 e. The zero-order chi connectivity index (χ0) is 36.3. The number of hydrogen-bond acceptors (Lipinski definition) is 9. The van der Waals surface area contributed by atoms with E-state index in [1.54, 1.807) is 44.5 Å². The van der Waals surface area contributed by atoms with E-state index in [1.165, 1.54) is 0 Å². The van der Waals surface area contributed by atoms with Gasteiger partial charge in [0, 0.05) is 36.8 Å². The molecule has 2 amide bonds. The number of benzene rings is 1. The molecule has 0 bridgehead atoms. The SMILES string of the molecule is CC(C)(C)c1cc(NC(=O)NC2CCC(Oc3ccc(=N)n(C(=N)N4CCCCC4)c3)c3ccccc32)n(-c2ccn(CCOS(C)(=O)=O)n2)n1. The summed E-state index contributed by atoms with van der Waals surface area (Å²) < 4.78 is 38.7. The van der Waals surface area contributed by atoms with Crippen LogP contribution in [0.4, 0.5) is 10.6 Å². The van der Waals surface area contributed by atoms with Gasteiger partial charge >= 0.3 is 6.03 Å². The molecule has 4 aromatic rings. The summed E-state index contributed by atoms with van der Waals surface area (Å²) in [7, 11) is -3.57. The lowest BCUT2D eigenvalue weighted by Gasteiger charge is -2.33. The average Bonchev–Trinajstić information content (AvgIpc) is 3.73. The Morgan fingerprint density at radius 3 is 2.49 bits per heavy atom. The molecule has 15 nitrogen and oxygen atoms in total. The highest BCUT2D eigenvalue weighted by Gasteiger charge is 2.30. The molecule has 1 aliphatic carbocycles. The van der Waals surface area contributed by atoms with Crippen LogP contribution in [-0.2, 0) is 26.3 Å². The minimum atomic E-state index is -3.57. The Balaban J connectivity index is 1.16. The summed E-state index contributed by atoms with van der Waals surface area (Å²) >= 11 is 0. The van der Waals surface area contributed by atoms with Gasteiger partial charge in [0.25, 0.3) is 10.1 Å². The first-order valence-corrected chi connectivity index (χ1v) is 19.0. The maximum absolute atomic E-state index is 13.6. The quantitative estimate of drug-likeness (QED) is 0.109. The Kier molecular flexibility index (Phi) is 10.3. The summed E-state index contributed by atoms with van der Waals surface area (Å²) in [4.78, 5) is 15.6. The molecule has 51 heavy (non-hydrogen) atoms. The maximum atomic E-state index is 13.6. The third-order valence-electron chi connectivity index (χ3n) is 9.01. The number of anilines is 1. The maximum Gasteiger partial charge on any atom is 0.320 e. The standard InChI is InChI=1S/C35H46N10O5S/c1-35(2,3)29-22-32(45(40-29)31-16-19-43(41-31)20-21-49-51(4,47)48)39-34(46)38-27-13-14-28(26-11-7-6-10-25(26)27)50-24-12-15-30(36)44(23-24)33(37)42-17-8-5-9-18-42/h6-7,10-12,15-16,19,22-23,27-28,36-37H,5,8-9,13-14,17-18,20-21H2,1-4H3,(H2,38,39,46). The third kappa shape index (κ3) is 8.68. The second-order valence-electron chi connectivity index (χ2n) is 14.0. The van der Waals surface area contributed by atoms with Gasteiger partial charge in [-0.15, -0.1) is 0 Å². The van der Waals surface area contributed by atoms with Crippen LogP contribution in [0.15, 0.2) is 60.9 Å². The smallest absolute Gasteiger partial charge is 0.320 e. The molecular weight excluding hydrogens is 673 g/mol. The number of piperidine rings is 1. The average molecular weight is 719 g/mol. The van der Waals surface area contributed by atoms with Crippen molar-refractivity contribution in [3.05, 3.63) is 83.2 Å². The van der Waals surface area contributed by atoms with Crippen molar-refractivity contribution in [2.75, 3.05) is 31.3 Å². The molecule has 272 valence electrons. The zero-order valence-electron chi connectivity index (χ0n) is 29.4. The molecule has 16 heteroatoms. The lowest BCUT2D eigenvalue weighted by molar-refractivity contribution is 0.171. The van der Waals surface area contributed by atoms with Crippen molar-refractivity contribution in [3.8, 4) is 11.6 Å². The van der Waals surface area contributed by atoms with E-state index >= 15 is 0 Å². The number of carbonyl (C=O) groups is 1. The number of amides is 2. The van der Waals surface area contributed by atoms with Gasteiger partial charge in [-0.2, -0.15) is 23.3 Å². The molecular formula is C35H46N10O5S. The molecule has 1 aromatic carbocycles. The summed E-state index contributed by atoms with van der Waals surface area (Å²) in [6.07, 6.45) is 8.65. The number of carbonyl (C=O) groups excluding carboxylic acids is 1. The van der Waals surface area contributed by atoms with Gasteiger partial charge in [-0.1, -0.05) is 45.0 Å². The number of aromatic nitrogens is 5. The largest absolute Gasteiger partial charge is 0.484 e. The number of urea groups is 1. The van der Waals surface area contributed by atoms with Crippen LogP contribution in [-0.4, -0.2) is 75.4 Å². The first-order valence-electron chi connectivity index (χ1n) is 17.2. The zero-order valence-corrected chi connectivity index (χ0v) is 30.2. The minimum absolute atomic E-state index is 0.0600. The van der Waals surface area contributed by atoms with Crippen LogP contribution in [0.2, 0.25) is 0 Å². The van der Waals surface area contributed by atoms with Crippen molar-refractivity contribution in [1.29, 1.82) is 10.8 Å². The Morgan fingerprint density at radius 2 is 1.76 bits per heavy atom. The molecule has 0 radical (unpaired) electrons. The highest BCUT2D eigenvalue weighted by atomic mass is 32.2. The number of pyridine rings is 1. The van der Waals surface area contributed by atoms with Crippen molar-refractivity contribution in [3.63, 3.8) is 0 Å². The van der Waals surface area contributed by atoms with Gasteiger partial charge in [-0.3, -0.25) is 29.6 Å². The third-order valence-corrected chi connectivity index (χ3v) is 9.60. The van der Waals surface area contributed by atoms with E-state index in [9.17, 15) is 13.2 Å². The molecule has 0 saturated carbocycles. The second-order valence-corrected chi connectivity index (χ2v) is 15.6. The number of rotatable bonds is 9. The van der Waals surface area contributed by atoms with Crippen LogP contribution in [0.5, 0.6) is 5.75 Å². The van der Waals surface area contributed by atoms with E-state index in [4.69, 9.17) is 24.8 Å². The van der Waals surface area contributed by atoms with Crippen molar-refractivity contribution in [1.82, 2.24) is 34.3 Å². The van der Waals surface area contributed by atoms with Crippen LogP contribution in [0, 0.1) is 10.8 Å². The van der Waals surface area contributed by atoms with Crippen LogP contribution < -0.4 is 20.9 Å². The first-order chi connectivity index (χ1) is 24.2. The molecule has 1 saturated heterocycles. The Labute approximate surface area is 297 Å². The van der Waals surface area contributed by atoms with Crippen molar-refractivity contribution < 1.29 is 22.1 Å². The van der Waals surface area contributed by atoms with E-state index < -0.39 is 16.1 Å². The van der Waals surface area contributed by atoms with Gasteiger partial charge in [-0.05, 0) is 55.4 Å². The normalized spacial score (nSPS) is 17.8. The van der Waals surface area contributed by atoms with E-state index in [1.807, 2.05) is 56.0 Å². The van der Waals surface area contributed by atoms with Crippen molar-refractivity contribution >= 4 is 27.9 Å². The van der Waals surface area contributed by atoms with Crippen LogP contribution in [0.25, 0.3) is 5.82 Å². The topological polar surface area (TPSA) is 185 Å². The van der Waals surface area contributed by atoms with E-state index in [0.29, 0.717) is 30.2 Å². The molecule has 2 unspecified atom stereocenters. The molecule has 2 atom stereocenters. The fraction of sp³-hybridized carbons (Fsp3) is 0.457. The highest BCUT2D eigenvalue weighted by molar-refractivity contribution is 7.85. The monoisotopic (exact) mass is 718 g/mol. The molecule has 6 rings (SSSR count). The lowest BCUT2D eigenvalue weighted by atomic mass is 9.85. The predicted molar refractivity (Wildman–Crippen MR) is 192 cm³/mol. The molecule has 2 aliphatic rings. The Hall–Kier alpha value is -4.96. The number of ether oxygens (including phenoxy) is 1. The van der Waals surface area contributed by atoms with Gasteiger partial charge in [0.2, 0.25) is 5.96 Å². The second kappa shape index (κ2) is 14.7. The Morgan fingerprint density at radius 1 is 1.02 bits per heavy atom. The highest BCUT2D eigenvalue weighted by Crippen LogP contribution is 2.39. The number of nitrogens with zero attached hydrogens (tertiary/aromatic N) is 6. The predicted octanol–water partition coefficient (Wildman–Crippen LogP) is 4.67. The molecule has 0 spiro atoms. The van der Waals surface area contributed by atoms with Crippen LogP contribution in [0.1, 0.15) is 81.8 Å². The molecule has 1 aliphatic heterocycles. The summed E-state index contributed by atoms with van der Waals surface area (Å²) in [5.74, 6) is 1.74. The number of fused-ring (bicyclic) bond motifs is 1. The lowest BCUT2D eigenvalue weighted by Crippen LogP contribution is -2.42. The fourth-order valence-corrected chi connectivity index (χ4v) is 6.74. The van der Waals surface area contributed by atoms with Crippen molar-refractivity contribution in [2.45, 2.75) is 77.0 Å². The van der Waals surface area contributed by atoms with Crippen LogP contribution >= 0.6 is 0 Å². The van der Waals surface area contributed by atoms with E-state index in [2.05, 4.69) is 15.7 Å². The van der Waals surface area contributed by atoms with Gasteiger partial charge in [0.1, 0.15) is 23.2 Å². The number of likely N-dealkylation sites (tertiary alicyclic amines) is 1. The van der Waals surface area contributed by atoms with Gasteiger partial charge in [0.15, 0.2) is 5.82 Å². The molecule has 1 fully saturated rings. The summed E-state index contributed by atoms with van der Waals surface area (Å²) in [6.45, 7) is 7.86. The van der Waals surface area contributed by atoms with E-state index in [-0.39, 0.29) is 42.2 Å². The summed E-state index contributed by atoms with van der Waals surface area (Å²) in [5.41, 5.74) is 2.58. The van der Waals surface area contributed by atoms with Crippen LogP contribution in [0.3, 0.4) is 0 Å². The fourth-order valence-electron chi connectivity index (χ4n) is 6.36. The molecule has 4 N–H and O–H groups in total. The van der Waals surface area contributed by atoms with Gasteiger partial charge in [-0.25, -0.2) is 4.79 Å². The number of hydrogen-bond donors (Lipinski definition) is 4. The first kappa shape index (κ1) is 35.9. The van der Waals surface area contributed by atoms with Gasteiger partial charge in [0.05, 0.1) is 37.3 Å². The van der Waals surface area contributed by atoms with Gasteiger partial charge < -0.3 is 15.0 Å². The summed E-state index contributed by atoms with van der Waals surface area (Å²) in [6, 6.07) is 14.2. The molecule has 4 heterocycles. The Bertz CT molecular complexity index is 2060. The van der Waals surface area contributed by atoms with E-state index in [0.717, 1.165) is 55.4 Å².